The van der Waals surface area contributed by atoms with Gasteiger partial charge in [0, 0.05) is 19.3 Å². The molecule has 12 nitrogen and oxygen atoms in total. The summed E-state index contributed by atoms with van der Waals surface area (Å²) in [6.45, 7) is 5.74. The number of allylic oxidation sites excluding steroid dienone is 20. The molecule has 1 aliphatic heterocycles. The Kier molecular flexibility index (Phi) is 52.8. The maximum absolute atomic E-state index is 13.2. The lowest BCUT2D eigenvalue weighted by atomic mass is 9.98. The highest BCUT2D eigenvalue weighted by atomic mass is 16.7. The molecule has 1 fully saturated rings. The zero-order valence-electron chi connectivity index (χ0n) is 51.9. The molecule has 1 rings (SSSR count). The molecule has 6 atom stereocenters. The molecule has 1 aliphatic rings. The first-order valence-corrected chi connectivity index (χ1v) is 32.5. The van der Waals surface area contributed by atoms with Crippen molar-refractivity contribution in [2.24, 2.45) is 0 Å². The molecule has 1 heterocycles. The van der Waals surface area contributed by atoms with Crippen molar-refractivity contribution < 1.29 is 58.2 Å². The molecule has 0 aromatic rings. The van der Waals surface area contributed by atoms with Crippen LogP contribution in [0.5, 0.6) is 0 Å². The van der Waals surface area contributed by atoms with Gasteiger partial charge in [-0.25, -0.2) is 4.79 Å². The predicted molar refractivity (Wildman–Crippen MR) is 340 cm³/mol. The molecule has 3 N–H and O–H groups in total. The van der Waals surface area contributed by atoms with Crippen LogP contribution in [0.4, 0.5) is 0 Å². The number of carboxylic acids is 1. The molecule has 0 bridgehead atoms. The molecule has 6 unspecified atom stereocenters. The Morgan fingerprint density at radius 2 is 0.759 bits per heavy atom. The highest BCUT2D eigenvalue weighted by Crippen LogP contribution is 2.26. The van der Waals surface area contributed by atoms with E-state index in [0.717, 1.165) is 154 Å². The van der Waals surface area contributed by atoms with Gasteiger partial charge in [0.2, 0.25) is 0 Å². The molecule has 470 valence electrons. The lowest BCUT2D eigenvalue weighted by molar-refractivity contribution is -0.301. The van der Waals surface area contributed by atoms with Crippen LogP contribution in [-0.2, 0) is 42.9 Å². The predicted octanol–water partition coefficient (Wildman–Crippen LogP) is 17.6. The third-order valence-electron chi connectivity index (χ3n) is 14.0. The maximum atomic E-state index is 13.2. The van der Waals surface area contributed by atoms with Gasteiger partial charge < -0.3 is 39.0 Å². The minimum atomic E-state index is -1.93. The Morgan fingerprint density at radius 3 is 1.18 bits per heavy atom. The second-order valence-electron chi connectivity index (χ2n) is 21.6. The number of esters is 3. The summed E-state index contributed by atoms with van der Waals surface area (Å²) in [5.74, 6) is -3.20. The monoisotopic (exact) mass is 1160 g/mol. The van der Waals surface area contributed by atoms with Crippen molar-refractivity contribution >= 4 is 23.9 Å². The molecule has 0 aromatic carbocycles. The van der Waals surface area contributed by atoms with Crippen LogP contribution >= 0.6 is 0 Å². The number of aliphatic carboxylic acids is 1. The minimum Gasteiger partial charge on any atom is -0.479 e. The Hall–Kier alpha value is -4.88. The van der Waals surface area contributed by atoms with Gasteiger partial charge in [0.1, 0.15) is 18.8 Å². The van der Waals surface area contributed by atoms with Crippen LogP contribution in [0, 0.1) is 0 Å². The first-order chi connectivity index (χ1) is 40.6. The molecule has 0 radical (unpaired) electrons. The molecule has 0 saturated carbocycles. The fourth-order valence-corrected chi connectivity index (χ4v) is 9.09. The third kappa shape index (κ3) is 47.1. The summed E-state index contributed by atoms with van der Waals surface area (Å²) < 4.78 is 28.5. The van der Waals surface area contributed by atoms with Gasteiger partial charge in [-0.2, -0.15) is 0 Å². The summed E-state index contributed by atoms with van der Waals surface area (Å²) in [5.41, 5.74) is 0. The average molecular weight is 1160 g/mol. The standard InChI is InChI=1S/C71H114O12/c1-4-7-10-13-16-19-22-25-28-30-32-34-37-39-42-45-48-51-54-57-63(72)79-60-62(81-64(73)58-55-52-49-46-43-40-36-27-24-21-18-15-12-9-6-3)61-80-71-69(67(76)66(75)68(83-71)70(77)78)82-65(74)59-56-53-50-47-44-41-38-35-33-31-29-26-23-20-17-14-11-8-5-2/h7-8,10-11,16-17,19-20,25-29,32-36,41,44,62,66-69,71,75-76H,4-6,9,12-15,18,21-24,30-31,37-40,42-43,45-61H2,1-3H3,(H,77,78)/b10-7-,11-8-,19-16-,20-17-,28-25-,29-26-,34-32-,35-33-,36-27-,44-41-. The number of carbonyl (C=O) groups excluding carboxylic acids is 3. The first kappa shape index (κ1) is 76.1. The molecule has 0 aromatic heterocycles. The van der Waals surface area contributed by atoms with Crippen LogP contribution in [0.2, 0.25) is 0 Å². The number of rotatable bonds is 54. The van der Waals surface area contributed by atoms with E-state index in [4.69, 9.17) is 23.7 Å². The lowest BCUT2D eigenvalue weighted by Gasteiger charge is -2.40. The average Bonchev–Trinajstić information content (AvgIpc) is 3.60. The van der Waals surface area contributed by atoms with E-state index >= 15 is 0 Å². The molecule has 1 saturated heterocycles. The molecular weight excluding hydrogens is 1040 g/mol. The van der Waals surface area contributed by atoms with Gasteiger partial charge in [0.25, 0.3) is 0 Å². The van der Waals surface area contributed by atoms with Gasteiger partial charge in [-0.1, -0.05) is 226 Å². The van der Waals surface area contributed by atoms with Crippen LogP contribution in [0.25, 0.3) is 0 Å². The third-order valence-corrected chi connectivity index (χ3v) is 14.0. The van der Waals surface area contributed by atoms with E-state index < -0.39 is 67.3 Å². The molecule has 12 heteroatoms. The van der Waals surface area contributed by atoms with Crippen LogP contribution in [0.1, 0.15) is 252 Å². The lowest BCUT2D eigenvalue weighted by Crippen LogP contribution is -2.61. The first-order valence-electron chi connectivity index (χ1n) is 32.5. The summed E-state index contributed by atoms with van der Waals surface area (Å²) >= 11 is 0. The molecular formula is C71H114O12. The van der Waals surface area contributed by atoms with Gasteiger partial charge >= 0.3 is 23.9 Å². The summed E-state index contributed by atoms with van der Waals surface area (Å²) in [4.78, 5) is 51.3. The van der Waals surface area contributed by atoms with Gasteiger partial charge in [-0.15, -0.1) is 0 Å². The summed E-state index contributed by atoms with van der Waals surface area (Å²) in [6, 6.07) is 0. The number of ether oxygens (including phenoxy) is 5. The van der Waals surface area contributed by atoms with Gasteiger partial charge in [0.15, 0.2) is 24.6 Å². The maximum Gasteiger partial charge on any atom is 0.335 e. The van der Waals surface area contributed by atoms with Gasteiger partial charge in [-0.3, -0.25) is 14.4 Å². The SMILES string of the molecule is CC/C=C\C/C=C\C/C=C\C/C=C\C/C=C\CCCCCC(=O)OC1C(OCC(COC(=O)CCCCCCCC/C=C\C/C=C\C/C=C\C/C=C\CC)OC(=O)CCCCCCC/C=C\CCCCCCCC)OC(C(=O)O)C(O)C1O. The zero-order valence-corrected chi connectivity index (χ0v) is 51.9. The summed E-state index contributed by atoms with van der Waals surface area (Å²) in [6.07, 6.45) is 67.2. The second-order valence-corrected chi connectivity index (χ2v) is 21.6. The van der Waals surface area contributed by atoms with Crippen molar-refractivity contribution in [3.8, 4) is 0 Å². The van der Waals surface area contributed by atoms with E-state index in [1.54, 1.807) is 0 Å². The van der Waals surface area contributed by atoms with Crippen LogP contribution in [0.3, 0.4) is 0 Å². The van der Waals surface area contributed by atoms with Crippen molar-refractivity contribution in [1.29, 1.82) is 0 Å². The highest BCUT2D eigenvalue weighted by Gasteiger charge is 2.50. The topological polar surface area (TPSA) is 175 Å². The van der Waals surface area contributed by atoms with Crippen molar-refractivity contribution in [2.45, 2.75) is 289 Å². The molecule has 0 amide bonds. The zero-order chi connectivity index (χ0) is 60.3. The van der Waals surface area contributed by atoms with Crippen LogP contribution < -0.4 is 0 Å². The molecule has 0 spiro atoms. The summed E-state index contributed by atoms with van der Waals surface area (Å²) in [5, 5.41) is 31.6. The van der Waals surface area contributed by atoms with E-state index in [9.17, 15) is 34.5 Å². The largest absolute Gasteiger partial charge is 0.479 e. The quantitative estimate of drug-likeness (QED) is 0.0228. The van der Waals surface area contributed by atoms with Crippen molar-refractivity contribution in [3.05, 3.63) is 122 Å². The summed E-state index contributed by atoms with van der Waals surface area (Å²) in [7, 11) is 0. The number of unbranched alkanes of at least 4 members (excludes halogenated alkanes) is 20. The minimum absolute atomic E-state index is 0.0132. The normalized spacial score (nSPS) is 18.4. The Labute approximate surface area is 503 Å². The van der Waals surface area contributed by atoms with Crippen LogP contribution in [-0.4, -0.2) is 89.2 Å². The van der Waals surface area contributed by atoms with E-state index in [1.807, 2.05) is 0 Å². The highest BCUT2D eigenvalue weighted by molar-refractivity contribution is 5.74. The Bertz CT molecular complexity index is 1900. The van der Waals surface area contributed by atoms with Crippen molar-refractivity contribution in [3.63, 3.8) is 0 Å². The number of hydrogen-bond acceptors (Lipinski definition) is 11. The Morgan fingerprint density at radius 1 is 0.410 bits per heavy atom. The van der Waals surface area contributed by atoms with Gasteiger partial charge in [-0.05, 0) is 128 Å². The van der Waals surface area contributed by atoms with E-state index in [1.165, 1.54) is 38.5 Å². The van der Waals surface area contributed by atoms with Crippen molar-refractivity contribution in [2.75, 3.05) is 13.2 Å². The Balaban J connectivity index is 2.70. The van der Waals surface area contributed by atoms with Crippen LogP contribution in [0.15, 0.2) is 122 Å². The number of aliphatic hydroxyl groups excluding tert-OH is 2. The smallest absolute Gasteiger partial charge is 0.335 e. The van der Waals surface area contributed by atoms with E-state index in [2.05, 4.69) is 142 Å². The second kappa shape index (κ2) is 57.5. The van der Waals surface area contributed by atoms with Gasteiger partial charge in [0.05, 0.1) is 6.61 Å². The van der Waals surface area contributed by atoms with E-state index in [-0.39, 0.29) is 25.9 Å². The molecule has 83 heavy (non-hydrogen) atoms. The molecule has 0 aliphatic carbocycles. The number of carbonyl (C=O) groups is 4. The fraction of sp³-hybridized carbons (Fsp3) is 0.662. The number of carboxylic acid groups (broad SMARTS) is 1. The number of hydrogen-bond donors (Lipinski definition) is 3. The number of aliphatic hydroxyl groups is 2. The van der Waals surface area contributed by atoms with Crippen molar-refractivity contribution in [1.82, 2.24) is 0 Å². The fourth-order valence-electron chi connectivity index (χ4n) is 9.09. The van der Waals surface area contributed by atoms with E-state index in [0.29, 0.717) is 19.3 Å².